The van der Waals surface area contributed by atoms with E-state index in [9.17, 15) is 4.79 Å². The van der Waals surface area contributed by atoms with E-state index in [1.807, 2.05) is 12.1 Å². The van der Waals surface area contributed by atoms with E-state index in [0.717, 1.165) is 24.7 Å². The number of rotatable bonds is 3. The van der Waals surface area contributed by atoms with Crippen molar-refractivity contribution < 1.29 is 4.79 Å². The van der Waals surface area contributed by atoms with E-state index in [1.54, 1.807) is 6.07 Å². The van der Waals surface area contributed by atoms with Gasteiger partial charge >= 0.3 is 0 Å². The predicted molar refractivity (Wildman–Crippen MR) is 79.2 cm³/mol. The highest BCUT2D eigenvalue weighted by atomic mass is 16.1. The van der Waals surface area contributed by atoms with E-state index in [2.05, 4.69) is 11.8 Å². The zero-order valence-corrected chi connectivity index (χ0v) is 11.6. The molecule has 2 rings (SSSR count). The van der Waals surface area contributed by atoms with Crippen LogP contribution in [-0.2, 0) is 0 Å². The molecule has 1 unspecified atom stereocenters. The average molecular weight is 261 g/mol. The van der Waals surface area contributed by atoms with Gasteiger partial charge in [0, 0.05) is 24.5 Å². The molecule has 4 heteroatoms. The fraction of sp³-hybridized carbons (Fsp3) is 0.533. The highest BCUT2D eigenvalue weighted by Crippen LogP contribution is 2.26. The van der Waals surface area contributed by atoms with E-state index in [1.165, 1.54) is 25.7 Å². The molecule has 0 aliphatic carbocycles. The minimum absolute atomic E-state index is 0.425. The molecule has 1 aliphatic rings. The van der Waals surface area contributed by atoms with Gasteiger partial charge in [0.15, 0.2) is 0 Å². The lowest BCUT2D eigenvalue weighted by Crippen LogP contribution is -2.25. The summed E-state index contributed by atoms with van der Waals surface area (Å²) in [4.78, 5) is 13.7. The van der Waals surface area contributed by atoms with E-state index in [-0.39, 0.29) is 0 Å². The van der Waals surface area contributed by atoms with Crippen LogP contribution in [0, 0.1) is 5.92 Å². The second-order valence-electron chi connectivity index (χ2n) is 5.33. The van der Waals surface area contributed by atoms with Crippen LogP contribution in [0.25, 0.3) is 0 Å². The van der Waals surface area contributed by atoms with Crippen LogP contribution >= 0.6 is 0 Å². The van der Waals surface area contributed by atoms with Crippen molar-refractivity contribution in [3.8, 4) is 0 Å². The van der Waals surface area contributed by atoms with Crippen molar-refractivity contribution >= 4 is 17.3 Å². The molecular weight excluding hydrogens is 238 g/mol. The molecule has 0 saturated carbocycles. The van der Waals surface area contributed by atoms with Crippen LogP contribution in [0.5, 0.6) is 0 Å². The summed E-state index contributed by atoms with van der Waals surface area (Å²) in [5.74, 6) is 0.370. The molecule has 19 heavy (non-hydrogen) atoms. The Hall–Kier alpha value is -1.71. The number of benzene rings is 1. The zero-order chi connectivity index (χ0) is 13.8. The predicted octanol–water partition coefficient (Wildman–Crippen LogP) is 2.38. The molecule has 1 aromatic rings. The maximum atomic E-state index is 11.3. The first-order valence-corrected chi connectivity index (χ1v) is 7.06. The first kappa shape index (κ1) is 13.7. The summed E-state index contributed by atoms with van der Waals surface area (Å²) in [6.07, 6.45) is 4.97. The lowest BCUT2D eigenvalue weighted by atomic mass is 9.98. The molecule has 1 aliphatic heterocycles. The van der Waals surface area contributed by atoms with Crippen LogP contribution in [0.3, 0.4) is 0 Å². The molecule has 0 bridgehead atoms. The van der Waals surface area contributed by atoms with Crippen LogP contribution in [0.4, 0.5) is 11.4 Å². The quantitative estimate of drug-likeness (QED) is 0.820. The Morgan fingerprint density at radius 3 is 2.84 bits per heavy atom. The molecule has 1 heterocycles. The lowest BCUT2D eigenvalue weighted by Gasteiger charge is -2.23. The first-order valence-electron chi connectivity index (χ1n) is 7.06. The van der Waals surface area contributed by atoms with E-state index in [0.29, 0.717) is 11.3 Å². The Labute approximate surface area is 114 Å². The second kappa shape index (κ2) is 5.95. The molecule has 1 amide bonds. The number of anilines is 2. The molecule has 0 spiro atoms. The van der Waals surface area contributed by atoms with E-state index in [4.69, 9.17) is 11.5 Å². The van der Waals surface area contributed by atoms with Gasteiger partial charge in [-0.2, -0.15) is 0 Å². The van der Waals surface area contributed by atoms with E-state index < -0.39 is 5.91 Å². The molecule has 1 saturated heterocycles. The summed E-state index contributed by atoms with van der Waals surface area (Å²) in [6.45, 7) is 4.34. The number of hydrogen-bond acceptors (Lipinski definition) is 3. The van der Waals surface area contributed by atoms with Gasteiger partial charge in [0.25, 0.3) is 5.91 Å². The number of carbonyl (C=O) groups is 1. The van der Waals surface area contributed by atoms with Crippen LogP contribution < -0.4 is 16.4 Å². The van der Waals surface area contributed by atoms with Gasteiger partial charge in [0.05, 0.1) is 5.56 Å². The number of primary amides is 1. The average Bonchev–Trinajstić information content (AvgIpc) is 2.64. The van der Waals surface area contributed by atoms with Gasteiger partial charge in [-0.1, -0.05) is 13.3 Å². The van der Waals surface area contributed by atoms with Crippen LogP contribution in [0.1, 0.15) is 43.0 Å². The molecule has 104 valence electrons. The number of nitrogen functional groups attached to an aromatic ring is 1. The Bertz CT molecular complexity index is 459. The monoisotopic (exact) mass is 261 g/mol. The molecular formula is C15H23N3O. The highest BCUT2D eigenvalue weighted by molar-refractivity contribution is 5.99. The molecule has 1 atom stereocenters. The zero-order valence-electron chi connectivity index (χ0n) is 11.6. The summed E-state index contributed by atoms with van der Waals surface area (Å²) < 4.78 is 0. The summed E-state index contributed by atoms with van der Waals surface area (Å²) in [5.41, 5.74) is 13.1. The third kappa shape index (κ3) is 3.19. The van der Waals surface area contributed by atoms with Gasteiger partial charge in [-0.15, -0.1) is 0 Å². The number of carbonyl (C=O) groups excluding carboxylic acids is 1. The fourth-order valence-corrected chi connectivity index (χ4v) is 2.79. The second-order valence-corrected chi connectivity index (χ2v) is 5.33. The van der Waals surface area contributed by atoms with Crippen molar-refractivity contribution in [1.29, 1.82) is 0 Å². The minimum atomic E-state index is -0.458. The summed E-state index contributed by atoms with van der Waals surface area (Å²) in [6, 6.07) is 5.58. The van der Waals surface area contributed by atoms with Crippen molar-refractivity contribution in [2.24, 2.45) is 11.7 Å². The van der Waals surface area contributed by atoms with Gasteiger partial charge in [-0.3, -0.25) is 4.79 Å². The number of amides is 1. The van der Waals surface area contributed by atoms with Crippen molar-refractivity contribution in [1.82, 2.24) is 0 Å². The van der Waals surface area contributed by atoms with Gasteiger partial charge in [0.1, 0.15) is 0 Å². The SMILES string of the molecule is CCC1CCCN(c2ccc(N)c(C(N)=O)c2)CC1. The Morgan fingerprint density at radius 1 is 1.37 bits per heavy atom. The summed E-state index contributed by atoms with van der Waals surface area (Å²) in [5, 5.41) is 0. The van der Waals surface area contributed by atoms with Gasteiger partial charge in [-0.25, -0.2) is 0 Å². The number of hydrogen-bond donors (Lipinski definition) is 2. The van der Waals surface area contributed by atoms with E-state index >= 15 is 0 Å². The molecule has 0 radical (unpaired) electrons. The maximum Gasteiger partial charge on any atom is 0.250 e. The Balaban J connectivity index is 2.17. The molecule has 0 aromatic heterocycles. The third-order valence-corrected chi connectivity index (χ3v) is 4.09. The highest BCUT2D eigenvalue weighted by Gasteiger charge is 2.17. The van der Waals surface area contributed by atoms with Gasteiger partial charge in [-0.05, 0) is 43.4 Å². The van der Waals surface area contributed by atoms with Crippen molar-refractivity contribution in [2.75, 3.05) is 23.7 Å². The molecule has 1 aromatic carbocycles. The number of nitrogens with zero attached hydrogens (tertiary/aromatic N) is 1. The van der Waals surface area contributed by atoms with Gasteiger partial charge < -0.3 is 16.4 Å². The van der Waals surface area contributed by atoms with Crippen molar-refractivity contribution in [3.63, 3.8) is 0 Å². The largest absolute Gasteiger partial charge is 0.398 e. The molecule has 4 N–H and O–H groups in total. The number of nitrogens with two attached hydrogens (primary N) is 2. The minimum Gasteiger partial charge on any atom is -0.398 e. The topological polar surface area (TPSA) is 72.3 Å². The summed E-state index contributed by atoms with van der Waals surface area (Å²) in [7, 11) is 0. The summed E-state index contributed by atoms with van der Waals surface area (Å²) >= 11 is 0. The third-order valence-electron chi connectivity index (χ3n) is 4.09. The Kier molecular flexibility index (Phi) is 4.30. The molecule has 4 nitrogen and oxygen atoms in total. The first-order chi connectivity index (χ1) is 9.11. The standard InChI is InChI=1S/C15H23N3O/c1-2-11-4-3-8-18(9-7-11)12-5-6-14(16)13(10-12)15(17)19/h5-6,10-11H,2-4,7-9,16H2,1H3,(H2,17,19). The smallest absolute Gasteiger partial charge is 0.250 e. The van der Waals surface area contributed by atoms with Crippen molar-refractivity contribution in [3.05, 3.63) is 23.8 Å². The normalized spacial score (nSPS) is 20.1. The fourth-order valence-electron chi connectivity index (χ4n) is 2.79. The van der Waals surface area contributed by atoms with Crippen LogP contribution in [0.15, 0.2) is 18.2 Å². The lowest BCUT2D eigenvalue weighted by molar-refractivity contribution is 0.100. The van der Waals surface area contributed by atoms with Crippen LogP contribution in [0.2, 0.25) is 0 Å². The maximum absolute atomic E-state index is 11.3. The van der Waals surface area contributed by atoms with Crippen molar-refractivity contribution in [2.45, 2.75) is 32.6 Å². The Morgan fingerprint density at radius 2 is 2.16 bits per heavy atom. The van der Waals surface area contributed by atoms with Crippen LogP contribution in [-0.4, -0.2) is 19.0 Å². The molecule has 1 fully saturated rings. The van der Waals surface area contributed by atoms with Gasteiger partial charge in [0.2, 0.25) is 0 Å².